The molecule has 0 radical (unpaired) electrons. The van der Waals surface area contributed by atoms with Crippen molar-refractivity contribution in [2.24, 2.45) is 0 Å². The van der Waals surface area contributed by atoms with Gasteiger partial charge in [-0.1, -0.05) is 6.07 Å². The molecule has 8 heteroatoms. The number of aryl methyl sites for hydroxylation is 1. The van der Waals surface area contributed by atoms with Crippen LogP contribution in [0.25, 0.3) is 11.0 Å². The van der Waals surface area contributed by atoms with Crippen LogP contribution in [0.15, 0.2) is 42.5 Å². The van der Waals surface area contributed by atoms with Crippen LogP contribution in [0.3, 0.4) is 0 Å². The zero-order valence-corrected chi connectivity index (χ0v) is 12.9. The lowest BCUT2D eigenvalue weighted by Crippen LogP contribution is -2.04. The second kappa shape index (κ2) is 6.46. The van der Waals surface area contributed by atoms with Gasteiger partial charge in [0.1, 0.15) is 0 Å². The summed E-state index contributed by atoms with van der Waals surface area (Å²) in [7, 11) is 0. The number of hydrogen-bond donors (Lipinski definition) is 3. The second-order valence-corrected chi connectivity index (χ2v) is 5.53. The zero-order valence-electron chi connectivity index (χ0n) is 12.9. The number of aliphatic carboxylic acids is 1. The number of aromatic amines is 1. The van der Waals surface area contributed by atoms with Gasteiger partial charge < -0.3 is 15.4 Å². The summed E-state index contributed by atoms with van der Waals surface area (Å²) < 4.78 is 37.7. The first-order valence-corrected chi connectivity index (χ1v) is 7.46. The Morgan fingerprint density at radius 1 is 1.16 bits per heavy atom. The summed E-state index contributed by atoms with van der Waals surface area (Å²) in [4.78, 5) is 18.0. The van der Waals surface area contributed by atoms with Crippen molar-refractivity contribution >= 4 is 28.6 Å². The Morgan fingerprint density at radius 2 is 1.88 bits per heavy atom. The van der Waals surface area contributed by atoms with Crippen LogP contribution >= 0.6 is 0 Å². The van der Waals surface area contributed by atoms with E-state index in [4.69, 9.17) is 5.11 Å². The minimum Gasteiger partial charge on any atom is -0.481 e. The number of H-pyrrole nitrogens is 1. The maximum Gasteiger partial charge on any atom is 0.416 e. The van der Waals surface area contributed by atoms with Gasteiger partial charge in [0.15, 0.2) is 0 Å². The van der Waals surface area contributed by atoms with Crippen molar-refractivity contribution in [2.45, 2.75) is 19.0 Å². The van der Waals surface area contributed by atoms with Crippen LogP contribution in [0.2, 0.25) is 0 Å². The fourth-order valence-electron chi connectivity index (χ4n) is 2.40. The average molecular weight is 349 g/mol. The number of anilines is 2. The van der Waals surface area contributed by atoms with Crippen molar-refractivity contribution in [1.82, 2.24) is 9.97 Å². The summed E-state index contributed by atoms with van der Waals surface area (Å²) in [5.41, 5.74) is 2.01. The number of carboxylic acid groups (broad SMARTS) is 1. The first-order valence-electron chi connectivity index (χ1n) is 7.46. The third kappa shape index (κ3) is 4.09. The number of aromatic nitrogens is 2. The lowest BCUT2D eigenvalue weighted by atomic mass is 10.1. The molecule has 0 fully saturated rings. The molecule has 25 heavy (non-hydrogen) atoms. The summed E-state index contributed by atoms with van der Waals surface area (Å²) in [6.45, 7) is 0. The van der Waals surface area contributed by atoms with E-state index in [-0.39, 0.29) is 6.42 Å². The Hall–Kier alpha value is -3.03. The van der Waals surface area contributed by atoms with E-state index in [0.717, 1.165) is 23.2 Å². The predicted octanol–water partition coefficient (Wildman–Crippen LogP) is 4.34. The van der Waals surface area contributed by atoms with E-state index in [0.29, 0.717) is 23.6 Å². The molecule has 1 heterocycles. The quantitative estimate of drug-likeness (QED) is 0.640. The lowest BCUT2D eigenvalue weighted by molar-refractivity contribution is -0.138. The number of benzene rings is 2. The molecule has 130 valence electrons. The Morgan fingerprint density at radius 3 is 2.52 bits per heavy atom. The molecule has 0 saturated carbocycles. The van der Waals surface area contributed by atoms with Crippen molar-refractivity contribution < 1.29 is 23.1 Å². The smallest absolute Gasteiger partial charge is 0.416 e. The molecular weight excluding hydrogens is 335 g/mol. The summed E-state index contributed by atoms with van der Waals surface area (Å²) in [5.74, 6) is -0.473. The predicted molar refractivity (Wildman–Crippen MR) is 86.8 cm³/mol. The highest BCUT2D eigenvalue weighted by atomic mass is 19.4. The normalized spacial score (nSPS) is 11.6. The highest BCUT2D eigenvalue weighted by molar-refractivity contribution is 5.79. The minimum atomic E-state index is -4.37. The molecule has 5 nitrogen and oxygen atoms in total. The molecule has 1 aromatic heterocycles. The average Bonchev–Trinajstić information content (AvgIpc) is 2.94. The fourth-order valence-corrected chi connectivity index (χ4v) is 2.40. The van der Waals surface area contributed by atoms with Gasteiger partial charge in [-0.05, 0) is 48.4 Å². The molecule has 3 rings (SSSR count). The van der Waals surface area contributed by atoms with Crippen LogP contribution in [-0.2, 0) is 17.4 Å². The van der Waals surface area contributed by atoms with Crippen molar-refractivity contribution in [1.29, 1.82) is 0 Å². The Balaban J connectivity index is 1.76. The number of carbonyl (C=O) groups is 1. The van der Waals surface area contributed by atoms with E-state index in [1.807, 2.05) is 6.07 Å². The van der Waals surface area contributed by atoms with Crippen molar-refractivity contribution in [3.63, 3.8) is 0 Å². The number of hydrogen-bond acceptors (Lipinski definition) is 3. The Bertz CT molecular complexity index is 902. The zero-order chi connectivity index (χ0) is 18.0. The van der Waals surface area contributed by atoms with Gasteiger partial charge in [-0.15, -0.1) is 0 Å². The van der Waals surface area contributed by atoms with Gasteiger partial charge in [-0.2, -0.15) is 13.2 Å². The molecule has 0 spiro atoms. The molecule has 2 aromatic carbocycles. The molecule has 3 aromatic rings. The standard InChI is InChI=1S/C17H14F3N3O2/c18-17(19,20)11-3-5-12(6-4-11)21-16-22-13-7-1-10(2-8-15(24)25)9-14(13)23-16/h1,3-7,9H,2,8H2,(H,24,25)(H2,21,22,23). The van der Waals surface area contributed by atoms with Crippen molar-refractivity contribution in [2.75, 3.05) is 5.32 Å². The molecule has 3 N–H and O–H groups in total. The SMILES string of the molecule is O=C(O)CCc1ccc2nc(Nc3ccc(C(F)(F)F)cc3)[nH]c2c1. The molecule has 0 aliphatic carbocycles. The molecule has 0 atom stereocenters. The van der Waals surface area contributed by atoms with Gasteiger partial charge in [0, 0.05) is 12.1 Å². The summed E-state index contributed by atoms with van der Waals surface area (Å²) in [5, 5.41) is 11.6. The Labute approximate surface area is 140 Å². The first-order chi connectivity index (χ1) is 11.8. The van der Waals surface area contributed by atoms with Gasteiger partial charge in [0.2, 0.25) is 5.95 Å². The lowest BCUT2D eigenvalue weighted by Gasteiger charge is -2.07. The van der Waals surface area contributed by atoms with E-state index < -0.39 is 17.7 Å². The highest BCUT2D eigenvalue weighted by Crippen LogP contribution is 2.30. The first kappa shape index (κ1) is 16.8. The van der Waals surface area contributed by atoms with E-state index in [9.17, 15) is 18.0 Å². The maximum absolute atomic E-state index is 12.6. The molecule has 0 aliphatic rings. The monoisotopic (exact) mass is 349 g/mol. The van der Waals surface area contributed by atoms with Crippen molar-refractivity contribution in [3.05, 3.63) is 53.6 Å². The number of fused-ring (bicyclic) bond motifs is 1. The molecule has 0 amide bonds. The van der Waals surface area contributed by atoms with Gasteiger partial charge >= 0.3 is 12.1 Å². The Kier molecular flexibility index (Phi) is 4.35. The van der Waals surface area contributed by atoms with Gasteiger partial charge in [0.05, 0.1) is 16.6 Å². The maximum atomic E-state index is 12.6. The third-order valence-electron chi connectivity index (χ3n) is 3.65. The van der Waals surface area contributed by atoms with E-state index in [1.54, 1.807) is 12.1 Å². The number of alkyl halides is 3. The van der Waals surface area contributed by atoms with Gasteiger partial charge in [-0.25, -0.2) is 4.98 Å². The fraction of sp³-hybridized carbons (Fsp3) is 0.176. The van der Waals surface area contributed by atoms with E-state index >= 15 is 0 Å². The second-order valence-electron chi connectivity index (χ2n) is 5.53. The molecular formula is C17H14F3N3O2. The van der Waals surface area contributed by atoms with Crippen LogP contribution in [0.1, 0.15) is 17.5 Å². The summed E-state index contributed by atoms with van der Waals surface area (Å²) in [6, 6.07) is 10.0. The van der Waals surface area contributed by atoms with Crippen molar-refractivity contribution in [3.8, 4) is 0 Å². The topological polar surface area (TPSA) is 78.0 Å². The van der Waals surface area contributed by atoms with E-state index in [2.05, 4.69) is 15.3 Å². The van der Waals surface area contributed by atoms with Crippen LogP contribution in [-0.4, -0.2) is 21.0 Å². The molecule has 0 bridgehead atoms. The number of imidazole rings is 1. The summed E-state index contributed by atoms with van der Waals surface area (Å²) in [6.07, 6.45) is -3.92. The number of carboxylic acids is 1. The number of halogens is 3. The van der Waals surface area contributed by atoms with Crippen LogP contribution < -0.4 is 5.32 Å². The van der Waals surface area contributed by atoms with Gasteiger partial charge in [0.25, 0.3) is 0 Å². The number of rotatable bonds is 5. The minimum absolute atomic E-state index is 0.0380. The van der Waals surface area contributed by atoms with Gasteiger partial charge in [-0.3, -0.25) is 4.79 Å². The largest absolute Gasteiger partial charge is 0.481 e. The van der Waals surface area contributed by atoms with Crippen LogP contribution in [0.5, 0.6) is 0 Å². The summed E-state index contributed by atoms with van der Waals surface area (Å²) >= 11 is 0. The molecule has 0 saturated heterocycles. The van der Waals surface area contributed by atoms with E-state index in [1.165, 1.54) is 12.1 Å². The molecule has 0 aliphatic heterocycles. The molecule has 0 unspecified atom stereocenters. The number of nitrogens with one attached hydrogen (secondary N) is 2. The van der Waals surface area contributed by atoms with Crippen LogP contribution in [0, 0.1) is 0 Å². The van der Waals surface area contributed by atoms with Crippen LogP contribution in [0.4, 0.5) is 24.8 Å². The third-order valence-corrected chi connectivity index (χ3v) is 3.65. The highest BCUT2D eigenvalue weighted by Gasteiger charge is 2.29. The number of nitrogens with zero attached hydrogens (tertiary/aromatic N) is 1.